The molecule has 1 aliphatic rings. The number of hydrogen-bond acceptors (Lipinski definition) is 8. The fourth-order valence-electron chi connectivity index (χ4n) is 5.46. The molecule has 8 nitrogen and oxygen atoms in total. The van der Waals surface area contributed by atoms with Crippen molar-refractivity contribution in [2.24, 2.45) is 0 Å². The van der Waals surface area contributed by atoms with Gasteiger partial charge in [0.15, 0.2) is 0 Å². The van der Waals surface area contributed by atoms with Crippen LogP contribution in [0.25, 0.3) is 20.7 Å². The summed E-state index contributed by atoms with van der Waals surface area (Å²) in [5, 5.41) is 20.2. The quantitative estimate of drug-likeness (QED) is 0.178. The number of thiophene rings is 1. The van der Waals surface area contributed by atoms with Gasteiger partial charge in [0.1, 0.15) is 35.1 Å². The highest BCUT2D eigenvalue weighted by Crippen LogP contribution is 2.45. The van der Waals surface area contributed by atoms with E-state index in [1.54, 1.807) is 41.9 Å². The number of aromatic nitrogens is 4. The molecule has 0 aliphatic heterocycles. The lowest BCUT2D eigenvalue weighted by Crippen LogP contribution is -2.35. The van der Waals surface area contributed by atoms with Crippen molar-refractivity contribution in [3.05, 3.63) is 82.6 Å². The van der Waals surface area contributed by atoms with Crippen molar-refractivity contribution in [2.45, 2.75) is 45.9 Å². The summed E-state index contributed by atoms with van der Waals surface area (Å²) in [5.74, 6) is 0.926. The maximum atomic E-state index is 13.5. The number of likely N-dealkylation sites (N-methyl/N-ethyl adjacent to an activating group) is 1. The number of aliphatic hydroxyl groups excluding tert-OH is 1. The van der Waals surface area contributed by atoms with Gasteiger partial charge < -0.3 is 20.1 Å². The molecular weight excluding hydrogens is 575 g/mol. The number of halogens is 2. The molecule has 0 radical (unpaired) electrons. The Balaban J connectivity index is 1.22. The second-order valence-corrected chi connectivity index (χ2v) is 11.7. The minimum Gasteiger partial charge on any atom is -0.487 e. The molecule has 0 saturated heterocycles. The monoisotopic (exact) mass is 606 g/mol. The Bertz CT molecular complexity index is 1720. The minimum atomic E-state index is -0.482. The molecule has 3 heterocycles. The standard InChI is InChI=1S/C31H32ClFN6O2S/c1-3-38(4-2)15-22(40)16-39-26-10-9-23-28-30(34-18-35-31(28)42-29(23)24(26)14-36-39)37-21-8-11-27(25(32)13-21)41-17-19-6-5-7-20(33)12-19/h5-8,11-14,18,22,40H,3-4,9-10,15-17H2,1-2H3,(H,34,35,37)/t22-/m1/s1. The third-order valence-electron chi connectivity index (χ3n) is 7.62. The first-order chi connectivity index (χ1) is 20.4. The maximum absolute atomic E-state index is 13.5. The first-order valence-corrected chi connectivity index (χ1v) is 15.3. The van der Waals surface area contributed by atoms with Gasteiger partial charge in [0.05, 0.1) is 29.3 Å². The van der Waals surface area contributed by atoms with E-state index in [9.17, 15) is 9.50 Å². The lowest BCUT2D eigenvalue weighted by atomic mass is 9.95. The number of nitrogens with zero attached hydrogens (tertiary/aromatic N) is 5. The van der Waals surface area contributed by atoms with Crippen molar-refractivity contribution in [2.75, 3.05) is 25.0 Å². The number of rotatable bonds is 11. The largest absolute Gasteiger partial charge is 0.487 e. The SMILES string of the molecule is CCN(CC)C[C@@H](O)Cn1ncc2c1CCc1c-2sc2ncnc(Nc3ccc(OCc4cccc(F)c4)c(Cl)c3)c12. The van der Waals surface area contributed by atoms with E-state index in [0.717, 1.165) is 63.5 Å². The maximum Gasteiger partial charge on any atom is 0.142 e. The number of nitrogens with one attached hydrogen (secondary N) is 1. The normalized spacial score (nSPS) is 13.3. The van der Waals surface area contributed by atoms with Crippen LogP contribution in [-0.2, 0) is 26.0 Å². The van der Waals surface area contributed by atoms with Crippen molar-refractivity contribution < 1.29 is 14.2 Å². The highest BCUT2D eigenvalue weighted by Gasteiger charge is 2.27. The van der Waals surface area contributed by atoms with Crippen molar-refractivity contribution in [1.29, 1.82) is 0 Å². The number of hydrogen-bond donors (Lipinski definition) is 2. The van der Waals surface area contributed by atoms with Crippen LogP contribution in [0.4, 0.5) is 15.9 Å². The summed E-state index contributed by atoms with van der Waals surface area (Å²) >= 11 is 8.19. The predicted molar refractivity (Wildman–Crippen MR) is 165 cm³/mol. The van der Waals surface area contributed by atoms with Gasteiger partial charge in [0.2, 0.25) is 0 Å². The fraction of sp³-hybridized carbons (Fsp3) is 0.323. The van der Waals surface area contributed by atoms with Gasteiger partial charge in [-0.25, -0.2) is 14.4 Å². The Hall–Kier alpha value is -3.57. The third-order valence-corrected chi connectivity index (χ3v) is 9.09. The molecule has 0 bridgehead atoms. The average Bonchev–Trinajstić information content (AvgIpc) is 3.57. The second-order valence-electron chi connectivity index (χ2n) is 10.3. The molecule has 1 aliphatic carbocycles. The van der Waals surface area contributed by atoms with Crippen LogP contribution >= 0.6 is 22.9 Å². The van der Waals surface area contributed by atoms with Crippen LogP contribution in [0, 0.1) is 5.82 Å². The average molecular weight is 607 g/mol. The number of aryl methyl sites for hydroxylation is 1. The Morgan fingerprint density at radius 3 is 2.81 bits per heavy atom. The first-order valence-electron chi connectivity index (χ1n) is 14.1. The van der Waals surface area contributed by atoms with E-state index in [4.69, 9.17) is 16.3 Å². The molecule has 0 spiro atoms. The molecule has 1 atom stereocenters. The second kappa shape index (κ2) is 12.3. The zero-order valence-corrected chi connectivity index (χ0v) is 25.1. The molecule has 218 valence electrons. The Morgan fingerprint density at radius 1 is 1.17 bits per heavy atom. The molecule has 0 amide bonds. The van der Waals surface area contributed by atoms with Gasteiger partial charge in [0.25, 0.3) is 0 Å². The predicted octanol–water partition coefficient (Wildman–Crippen LogP) is 6.47. The fourth-order valence-corrected chi connectivity index (χ4v) is 6.92. The summed E-state index contributed by atoms with van der Waals surface area (Å²) in [6.07, 6.45) is 4.65. The van der Waals surface area contributed by atoms with Gasteiger partial charge in [-0.2, -0.15) is 5.10 Å². The summed E-state index contributed by atoms with van der Waals surface area (Å²) in [4.78, 5) is 13.4. The highest BCUT2D eigenvalue weighted by molar-refractivity contribution is 7.22. The molecule has 6 rings (SSSR count). The lowest BCUT2D eigenvalue weighted by molar-refractivity contribution is 0.0988. The zero-order chi connectivity index (χ0) is 29.2. The van der Waals surface area contributed by atoms with Crippen LogP contribution in [-0.4, -0.2) is 55.5 Å². The molecule has 42 heavy (non-hydrogen) atoms. The van der Waals surface area contributed by atoms with Gasteiger partial charge >= 0.3 is 0 Å². The van der Waals surface area contributed by atoms with Gasteiger partial charge in [-0.3, -0.25) is 4.68 Å². The van der Waals surface area contributed by atoms with E-state index in [1.165, 1.54) is 17.7 Å². The van der Waals surface area contributed by atoms with Crippen LogP contribution < -0.4 is 10.1 Å². The third kappa shape index (κ3) is 5.85. The summed E-state index contributed by atoms with van der Waals surface area (Å²) in [7, 11) is 0. The van der Waals surface area contributed by atoms with Gasteiger partial charge in [0, 0.05) is 28.4 Å². The number of aliphatic hydroxyl groups is 1. The Kier molecular flexibility index (Phi) is 8.39. The van der Waals surface area contributed by atoms with Crippen molar-refractivity contribution in [3.8, 4) is 16.2 Å². The molecule has 2 aromatic carbocycles. The van der Waals surface area contributed by atoms with E-state index < -0.39 is 6.10 Å². The van der Waals surface area contributed by atoms with Crippen LogP contribution in [0.5, 0.6) is 5.75 Å². The molecular formula is C31H32ClFN6O2S. The molecule has 5 aromatic rings. The molecule has 0 fully saturated rings. The molecule has 0 saturated carbocycles. The van der Waals surface area contributed by atoms with Crippen molar-refractivity contribution in [3.63, 3.8) is 0 Å². The lowest BCUT2D eigenvalue weighted by Gasteiger charge is -2.23. The number of anilines is 2. The number of fused-ring (bicyclic) bond motifs is 5. The molecule has 3 aromatic heterocycles. The van der Waals surface area contributed by atoms with Gasteiger partial charge in [-0.15, -0.1) is 11.3 Å². The summed E-state index contributed by atoms with van der Waals surface area (Å²) in [6.45, 7) is 7.35. The van der Waals surface area contributed by atoms with Gasteiger partial charge in [-0.05, 0) is 67.4 Å². The van der Waals surface area contributed by atoms with Crippen LogP contribution in [0.3, 0.4) is 0 Å². The van der Waals surface area contributed by atoms with E-state index >= 15 is 0 Å². The van der Waals surface area contributed by atoms with E-state index in [1.807, 2.05) is 16.9 Å². The highest BCUT2D eigenvalue weighted by atomic mass is 35.5. The smallest absolute Gasteiger partial charge is 0.142 e. The minimum absolute atomic E-state index is 0.214. The van der Waals surface area contributed by atoms with Crippen LogP contribution in [0.2, 0.25) is 5.02 Å². The number of ether oxygens (including phenoxy) is 1. The number of benzene rings is 2. The zero-order valence-electron chi connectivity index (χ0n) is 23.5. The summed E-state index contributed by atoms with van der Waals surface area (Å²) in [6, 6.07) is 11.8. The summed E-state index contributed by atoms with van der Waals surface area (Å²) in [5.41, 5.74) is 4.95. The van der Waals surface area contributed by atoms with E-state index in [0.29, 0.717) is 29.7 Å². The van der Waals surface area contributed by atoms with Crippen molar-refractivity contribution in [1.82, 2.24) is 24.6 Å². The van der Waals surface area contributed by atoms with Crippen LogP contribution in [0.1, 0.15) is 30.7 Å². The van der Waals surface area contributed by atoms with E-state index in [-0.39, 0.29) is 12.4 Å². The Labute approximate surface area is 252 Å². The summed E-state index contributed by atoms with van der Waals surface area (Å²) < 4.78 is 21.3. The van der Waals surface area contributed by atoms with Gasteiger partial charge in [-0.1, -0.05) is 37.6 Å². The topological polar surface area (TPSA) is 88.3 Å². The first kappa shape index (κ1) is 28.5. The van der Waals surface area contributed by atoms with Crippen LogP contribution in [0.15, 0.2) is 55.0 Å². The molecule has 11 heteroatoms. The molecule has 2 N–H and O–H groups in total. The molecule has 0 unspecified atom stereocenters. The van der Waals surface area contributed by atoms with Crippen molar-refractivity contribution >= 4 is 44.7 Å². The Morgan fingerprint density at radius 2 is 2.02 bits per heavy atom. The van der Waals surface area contributed by atoms with E-state index in [2.05, 4.69) is 39.1 Å².